The molecule has 0 amide bonds. The third-order valence-electron chi connectivity index (χ3n) is 2.78. The number of hydrogen-bond donors (Lipinski definition) is 2. The number of rotatable bonds is 7. The van der Waals surface area contributed by atoms with Crippen molar-refractivity contribution in [3.63, 3.8) is 0 Å². The molecule has 19 heavy (non-hydrogen) atoms. The van der Waals surface area contributed by atoms with Crippen molar-refractivity contribution in [2.45, 2.75) is 32.7 Å². The van der Waals surface area contributed by atoms with Gasteiger partial charge in [0.1, 0.15) is 11.6 Å². The quantitative estimate of drug-likeness (QED) is 0.804. The second kappa shape index (κ2) is 7.09. The van der Waals surface area contributed by atoms with E-state index < -0.39 is 0 Å². The van der Waals surface area contributed by atoms with Crippen LogP contribution < -0.4 is 10.6 Å². The Morgan fingerprint density at radius 3 is 2.79 bits per heavy atom. The van der Waals surface area contributed by atoms with Gasteiger partial charge in [-0.05, 0) is 24.8 Å². The van der Waals surface area contributed by atoms with E-state index in [9.17, 15) is 0 Å². The summed E-state index contributed by atoms with van der Waals surface area (Å²) in [4.78, 5) is 10.1. The molecule has 1 atom stereocenters. The summed E-state index contributed by atoms with van der Waals surface area (Å²) in [6.45, 7) is 5.10. The third-order valence-corrected chi connectivity index (χ3v) is 3.76. The van der Waals surface area contributed by atoms with E-state index in [1.807, 2.05) is 6.92 Å². The maximum absolute atomic E-state index is 4.51. The number of anilines is 2. The lowest BCUT2D eigenvalue weighted by Crippen LogP contribution is -2.11. The van der Waals surface area contributed by atoms with Crippen LogP contribution in [-0.2, 0) is 0 Å². The fourth-order valence-corrected chi connectivity index (χ4v) is 2.76. The van der Waals surface area contributed by atoms with Crippen LogP contribution in [0.1, 0.15) is 37.6 Å². The van der Waals surface area contributed by atoms with E-state index in [0.29, 0.717) is 6.04 Å². The predicted octanol–water partition coefficient (Wildman–Crippen LogP) is 3.92. The molecule has 0 aliphatic rings. The summed E-state index contributed by atoms with van der Waals surface area (Å²) in [5, 5.41) is 8.77. The van der Waals surface area contributed by atoms with Crippen LogP contribution >= 0.6 is 11.3 Å². The van der Waals surface area contributed by atoms with Gasteiger partial charge in [0.15, 0.2) is 0 Å². The molecule has 4 nitrogen and oxygen atoms in total. The highest BCUT2D eigenvalue weighted by Crippen LogP contribution is 2.26. The van der Waals surface area contributed by atoms with Crippen LogP contribution in [0.4, 0.5) is 11.6 Å². The van der Waals surface area contributed by atoms with Gasteiger partial charge < -0.3 is 10.6 Å². The normalized spacial score (nSPS) is 12.1. The Hall–Kier alpha value is -1.62. The van der Waals surface area contributed by atoms with E-state index in [2.05, 4.69) is 45.0 Å². The van der Waals surface area contributed by atoms with Crippen LogP contribution in [0.5, 0.6) is 0 Å². The Balaban J connectivity index is 2.10. The largest absolute Gasteiger partial charge is 0.369 e. The Morgan fingerprint density at radius 2 is 2.11 bits per heavy atom. The molecule has 2 rings (SSSR count). The Kier molecular flexibility index (Phi) is 5.15. The van der Waals surface area contributed by atoms with E-state index in [0.717, 1.165) is 31.0 Å². The molecule has 2 aromatic heterocycles. The van der Waals surface area contributed by atoms with Gasteiger partial charge in [-0.3, -0.25) is 4.98 Å². The summed E-state index contributed by atoms with van der Waals surface area (Å²) >= 11 is 1.78. The lowest BCUT2D eigenvalue weighted by Gasteiger charge is -2.17. The molecule has 1 unspecified atom stereocenters. The van der Waals surface area contributed by atoms with Crippen molar-refractivity contribution >= 4 is 23.0 Å². The summed E-state index contributed by atoms with van der Waals surface area (Å²) < 4.78 is 0. The number of nitrogens with one attached hydrogen (secondary N) is 2. The molecule has 0 aliphatic carbocycles. The summed E-state index contributed by atoms with van der Waals surface area (Å²) in [5.74, 6) is 1.64. The standard InChI is InChI=1S/C14H20N4S/c1-3-6-11(12-7-5-8-19-12)17-14-10-15-9-13(18-14)16-4-2/h5,7-11H,3-4,6H2,1-2H3,(H2,16,17,18). The molecule has 0 aliphatic heterocycles. The zero-order valence-electron chi connectivity index (χ0n) is 11.4. The summed E-state index contributed by atoms with van der Waals surface area (Å²) in [6.07, 6.45) is 5.75. The lowest BCUT2D eigenvalue weighted by atomic mass is 10.1. The molecule has 2 N–H and O–H groups in total. The monoisotopic (exact) mass is 276 g/mol. The topological polar surface area (TPSA) is 49.8 Å². The minimum atomic E-state index is 0.316. The van der Waals surface area contributed by atoms with Crippen molar-refractivity contribution in [2.75, 3.05) is 17.2 Å². The van der Waals surface area contributed by atoms with Crippen molar-refractivity contribution in [1.29, 1.82) is 0 Å². The van der Waals surface area contributed by atoms with Gasteiger partial charge >= 0.3 is 0 Å². The lowest BCUT2D eigenvalue weighted by molar-refractivity contribution is 0.684. The number of aromatic nitrogens is 2. The highest BCUT2D eigenvalue weighted by atomic mass is 32.1. The first-order valence-corrected chi connectivity index (χ1v) is 7.57. The average Bonchev–Trinajstić information content (AvgIpc) is 2.93. The molecule has 0 saturated carbocycles. The van der Waals surface area contributed by atoms with E-state index in [1.54, 1.807) is 23.7 Å². The molecule has 0 bridgehead atoms. The molecule has 0 aromatic carbocycles. The van der Waals surface area contributed by atoms with E-state index in [4.69, 9.17) is 0 Å². The Labute approximate surface area is 118 Å². The SMILES string of the molecule is CCCC(Nc1cncc(NCC)n1)c1cccs1. The van der Waals surface area contributed by atoms with E-state index >= 15 is 0 Å². The van der Waals surface area contributed by atoms with Crippen molar-refractivity contribution < 1.29 is 0 Å². The fourth-order valence-electron chi connectivity index (χ4n) is 1.94. The van der Waals surface area contributed by atoms with Crippen LogP contribution in [0.15, 0.2) is 29.9 Å². The minimum absolute atomic E-state index is 0.316. The van der Waals surface area contributed by atoms with Gasteiger partial charge in [-0.2, -0.15) is 0 Å². The van der Waals surface area contributed by atoms with Gasteiger partial charge in [0, 0.05) is 11.4 Å². The minimum Gasteiger partial charge on any atom is -0.369 e. The summed E-state index contributed by atoms with van der Waals surface area (Å²) in [7, 11) is 0. The number of thiophene rings is 1. The maximum Gasteiger partial charge on any atom is 0.147 e. The molecule has 102 valence electrons. The highest BCUT2D eigenvalue weighted by molar-refractivity contribution is 7.10. The smallest absolute Gasteiger partial charge is 0.147 e. The number of hydrogen-bond acceptors (Lipinski definition) is 5. The zero-order chi connectivity index (χ0) is 13.5. The van der Waals surface area contributed by atoms with Gasteiger partial charge in [0.2, 0.25) is 0 Å². The first kappa shape index (κ1) is 13.8. The van der Waals surface area contributed by atoms with Crippen LogP contribution in [-0.4, -0.2) is 16.5 Å². The predicted molar refractivity (Wildman–Crippen MR) is 81.8 cm³/mol. The molecule has 2 aromatic rings. The number of nitrogens with zero attached hydrogens (tertiary/aromatic N) is 2. The molecule has 0 spiro atoms. The van der Waals surface area contributed by atoms with Crippen molar-refractivity contribution in [3.8, 4) is 0 Å². The van der Waals surface area contributed by atoms with Crippen LogP contribution in [0.2, 0.25) is 0 Å². The van der Waals surface area contributed by atoms with Crippen LogP contribution in [0, 0.1) is 0 Å². The second-order valence-electron chi connectivity index (χ2n) is 4.32. The highest BCUT2D eigenvalue weighted by Gasteiger charge is 2.12. The first-order chi connectivity index (χ1) is 9.33. The van der Waals surface area contributed by atoms with Crippen LogP contribution in [0.25, 0.3) is 0 Å². The zero-order valence-corrected chi connectivity index (χ0v) is 12.2. The van der Waals surface area contributed by atoms with Crippen LogP contribution in [0.3, 0.4) is 0 Å². The summed E-state index contributed by atoms with van der Waals surface area (Å²) in [6, 6.07) is 4.57. The van der Waals surface area contributed by atoms with Gasteiger partial charge in [0.25, 0.3) is 0 Å². The van der Waals surface area contributed by atoms with Crippen molar-refractivity contribution in [3.05, 3.63) is 34.8 Å². The Morgan fingerprint density at radius 1 is 1.26 bits per heavy atom. The van der Waals surface area contributed by atoms with E-state index in [1.165, 1.54) is 4.88 Å². The molecular formula is C14H20N4S. The summed E-state index contributed by atoms with van der Waals surface area (Å²) in [5.41, 5.74) is 0. The molecular weight excluding hydrogens is 256 g/mol. The molecule has 0 radical (unpaired) electrons. The van der Waals surface area contributed by atoms with Crippen molar-refractivity contribution in [2.24, 2.45) is 0 Å². The van der Waals surface area contributed by atoms with Gasteiger partial charge in [-0.15, -0.1) is 11.3 Å². The van der Waals surface area contributed by atoms with Gasteiger partial charge in [0.05, 0.1) is 18.4 Å². The molecule has 5 heteroatoms. The molecule has 0 saturated heterocycles. The molecule has 0 fully saturated rings. The second-order valence-corrected chi connectivity index (χ2v) is 5.30. The maximum atomic E-state index is 4.51. The first-order valence-electron chi connectivity index (χ1n) is 6.69. The van der Waals surface area contributed by atoms with Crippen molar-refractivity contribution in [1.82, 2.24) is 9.97 Å². The third kappa shape index (κ3) is 3.92. The average molecular weight is 276 g/mol. The van der Waals surface area contributed by atoms with Gasteiger partial charge in [-0.25, -0.2) is 4.98 Å². The van der Waals surface area contributed by atoms with E-state index in [-0.39, 0.29) is 0 Å². The molecule has 2 heterocycles. The van der Waals surface area contributed by atoms with Gasteiger partial charge in [-0.1, -0.05) is 19.4 Å². The fraction of sp³-hybridized carbons (Fsp3) is 0.429. The Bertz CT molecular complexity index is 484.